The number of carbonyl (C=O) groups excluding carboxylic acids is 1. The molecule has 57 valence electrons. The van der Waals surface area contributed by atoms with Crippen LogP contribution in [0, 0.1) is 0 Å². The zero-order valence-corrected chi connectivity index (χ0v) is 5.91. The highest BCUT2D eigenvalue weighted by molar-refractivity contribution is 5.72. The minimum atomic E-state index is -1.11. The van der Waals surface area contributed by atoms with Gasteiger partial charge in [-0.1, -0.05) is 18.2 Å². The molecule has 0 aliphatic rings. The van der Waals surface area contributed by atoms with Gasteiger partial charge < -0.3 is 5.73 Å². The van der Waals surface area contributed by atoms with Crippen molar-refractivity contribution in [2.45, 2.75) is 6.42 Å². The van der Waals surface area contributed by atoms with Crippen molar-refractivity contribution in [2.24, 2.45) is 0 Å². The van der Waals surface area contributed by atoms with E-state index in [1.165, 1.54) is 0 Å². The summed E-state index contributed by atoms with van der Waals surface area (Å²) in [7, 11) is 0. The van der Waals surface area contributed by atoms with E-state index in [4.69, 9.17) is 5.73 Å². The maximum absolute atomic E-state index is 10.2. The van der Waals surface area contributed by atoms with Gasteiger partial charge in [0.15, 0.2) is 0 Å². The van der Waals surface area contributed by atoms with Gasteiger partial charge in [0.05, 0.1) is 6.42 Å². The summed E-state index contributed by atoms with van der Waals surface area (Å²) in [5, 5.41) is 10.2. The number of nitrogens with two attached hydrogens (primary N) is 1. The fourth-order valence-electron chi connectivity index (χ4n) is 0.851. The summed E-state index contributed by atoms with van der Waals surface area (Å²) in [5.41, 5.74) is 6.58. The summed E-state index contributed by atoms with van der Waals surface area (Å²) in [6.45, 7) is 0. The molecule has 1 rings (SSSR count). The third kappa shape index (κ3) is 1.97. The summed E-state index contributed by atoms with van der Waals surface area (Å²) in [6, 6.07) is 6.84. The molecular formula is C8H8NO2. The molecule has 11 heavy (non-hydrogen) atoms. The zero-order chi connectivity index (χ0) is 8.27. The monoisotopic (exact) mass is 150 g/mol. The molecule has 1 aromatic rings. The molecule has 0 atom stereocenters. The molecule has 1 radical (unpaired) electrons. The summed E-state index contributed by atoms with van der Waals surface area (Å²) in [4.78, 5) is 10.2. The van der Waals surface area contributed by atoms with Gasteiger partial charge in [0.1, 0.15) is 0 Å². The highest BCUT2D eigenvalue weighted by atomic mass is 16.4. The van der Waals surface area contributed by atoms with Gasteiger partial charge in [-0.15, -0.1) is 0 Å². The van der Waals surface area contributed by atoms with Crippen LogP contribution in [0.2, 0.25) is 0 Å². The Bertz CT molecular complexity index is 271. The molecular weight excluding hydrogens is 142 g/mol. The van der Waals surface area contributed by atoms with Gasteiger partial charge >= 0.3 is 5.97 Å². The van der Waals surface area contributed by atoms with Crippen LogP contribution in [-0.4, -0.2) is 5.97 Å². The molecule has 0 spiro atoms. The maximum atomic E-state index is 10.2. The van der Waals surface area contributed by atoms with Crippen LogP contribution in [0.1, 0.15) is 5.56 Å². The standard InChI is InChI=1S/C8H8NO2/c9-7-4-2-1-3-6(7)5-8(10)11/h1-4H,5,9H2. The topological polar surface area (TPSA) is 63.0 Å². The van der Waals surface area contributed by atoms with Gasteiger partial charge in [-0.2, -0.15) is 0 Å². The molecule has 0 saturated carbocycles. The van der Waals surface area contributed by atoms with E-state index in [1.54, 1.807) is 24.3 Å². The third-order valence-electron chi connectivity index (χ3n) is 1.39. The van der Waals surface area contributed by atoms with E-state index in [0.717, 1.165) is 0 Å². The normalized spacial score (nSPS) is 9.45. The van der Waals surface area contributed by atoms with Crippen LogP contribution >= 0.6 is 0 Å². The summed E-state index contributed by atoms with van der Waals surface area (Å²) in [5.74, 6) is -1.11. The number of anilines is 1. The second-order valence-electron chi connectivity index (χ2n) is 2.25. The second kappa shape index (κ2) is 3.05. The van der Waals surface area contributed by atoms with Gasteiger partial charge in [0.25, 0.3) is 0 Å². The number of hydrogen-bond donors (Lipinski definition) is 1. The lowest BCUT2D eigenvalue weighted by Gasteiger charge is -1.98. The maximum Gasteiger partial charge on any atom is 0.360 e. The molecule has 0 unspecified atom stereocenters. The van der Waals surface area contributed by atoms with Crippen LogP contribution in [0.3, 0.4) is 0 Å². The van der Waals surface area contributed by atoms with E-state index in [0.29, 0.717) is 11.3 Å². The van der Waals surface area contributed by atoms with Gasteiger partial charge in [0.2, 0.25) is 0 Å². The molecule has 1 aromatic carbocycles. The van der Waals surface area contributed by atoms with Crippen molar-refractivity contribution in [3.8, 4) is 0 Å². The first kappa shape index (κ1) is 7.60. The smallest absolute Gasteiger partial charge is 0.360 e. The average molecular weight is 150 g/mol. The van der Waals surface area contributed by atoms with E-state index in [2.05, 4.69) is 0 Å². The molecule has 0 saturated heterocycles. The van der Waals surface area contributed by atoms with Gasteiger partial charge in [0, 0.05) is 5.69 Å². The Morgan fingerprint density at radius 2 is 2.00 bits per heavy atom. The van der Waals surface area contributed by atoms with E-state index in [9.17, 15) is 9.90 Å². The Morgan fingerprint density at radius 3 is 2.55 bits per heavy atom. The first-order valence-corrected chi connectivity index (χ1v) is 3.23. The third-order valence-corrected chi connectivity index (χ3v) is 1.39. The quantitative estimate of drug-likeness (QED) is 0.633. The van der Waals surface area contributed by atoms with Crippen molar-refractivity contribution in [1.29, 1.82) is 0 Å². The fourth-order valence-corrected chi connectivity index (χ4v) is 0.851. The van der Waals surface area contributed by atoms with Crippen LogP contribution in [0.4, 0.5) is 5.69 Å². The average Bonchev–Trinajstić information content (AvgIpc) is 1.93. The van der Waals surface area contributed by atoms with E-state index in [1.807, 2.05) is 0 Å². The van der Waals surface area contributed by atoms with Crippen molar-refractivity contribution in [3.63, 3.8) is 0 Å². The highest BCUT2D eigenvalue weighted by Crippen LogP contribution is 2.10. The molecule has 0 bridgehead atoms. The zero-order valence-electron chi connectivity index (χ0n) is 5.91. The number of hydrogen-bond acceptors (Lipinski definition) is 2. The minimum Gasteiger partial charge on any atom is -0.398 e. The molecule has 3 nitrogen and oxygen atoms in total. The molecule has 0 fully saturated rings. The number of carbonyl (C=O) groups is 1. The van der Waals surface area contributed by atoms with E-state index < -0.39 is 5.97 Å². The lowest BCUT2D eigenvalue weighted by molar-refractivity contribution is -0.142. The van der Waals surface area contributed by atoms with Crippen molar-refractivity contribution in [3.05, 3.63) is 29.8 Å². The Balaban J connectivity index is 2.86. The summed E-state index contributed by atoms with van der Waals surface area (Å²) in [6.07, 6.45) is -0.118. The van der Waals surface area contributed by atoms with E-state index >= 15 is 0 Å². The number of rotatable bonds is 2. The van der Waals surface area contributed by atoms with Crippen molar-refractivity contribution < 1.29 is 9.90 Å². The van der Waals surface area contributed by atoms with Gasteiger partial charge in [-0.05, 0) is 11.6 Å². The molecule has 0 aromatic heterocycles. The van der Waals surface area contributed by atoms with Gasteiger partial charge in [-0.3, -0.25) is 0 Å². The Kier molecular flexibility index (Phi) is 2.11. The van der Waals surface area contributed by atoms with Crippen molar-refractivity contribution >= 4 is 11.7 Å². The number of benzene rings is 1. The Labute approximate surface area is 64.5 Å². The molecule has 0 aliphatic carbocycles. The first-order valence-electron chi connectivity index (χ1n) is 3.23. The largest absolute Gasteiger partial charge is 0.398 e. The lowest BCUT2D eigenvalue weighted by atomic mass is 10.1. The van der Waals surface area contributed by atoms with E-state index in [-0.39, 0.29) is 6.42 Å². The summed E-state index contributed by atoms with van der Waals surface area (Å²) >= 11 is 0. The van der Waals surface area contributed by atoms with Gasteiger partial charge in [-0.25, -0.2) is 9.90 Å². The number of para-hydroxylation sites is 1. The van der Waals surface area contributed by atoms with Crippen LogP contribution in [0.25, 0.3) is 0 Å². The molecule has 0 aliphatic heterocycles. The second-order valence-corrected chi connectivity index (χ2v) is 2.25. The molecule has 0 amide bonds. The molecule has 3 heteroatoms. The number of nitrogen functional groups attached to an aromatic ring is 1. The summed E-state index contributed by atoms with van der Waals surface area (Å²) < 4.78 is 0. The highest BCUT2D eigenvalue weighted by Gasteiger charge is 2.03. The van der Waals surface area contributed by atoms with Crippen LogP contribution in [0.15, 0.2) is 24.3 Å². The van der Waals surface area contributed by atoms with Crippen molar-refractivity contribution in [2.75, 3.05) is 5.73 Å². The molecule has 2 N–H and O–H groups in total. The predicted molar refractivity (Wildman–Crippen MR) is 40.3 cm³/mol. The van der Waals surface area contributed by atoms with Crippen LogP contribution < -0.4 is 5.73 Å². The van der Waals surface area contributed by atoms with Crippen LogP contribution in [-0.2, 0) is 16.3 Å². The molecule has 0 heterocycles. The predicted octanol–water partition coefficient (Wildman–Crippen LogP) is 0.768. The fraction of sp³-hybridized carbons (Fsp3) is 0.125. The van der Waals surface area contributed by atoms with Crippen molar-refractivity contribution in [1.82, 2.24) is 0 Å². The SMILES string of the molecule is Nc1ccccc1CC([O])=O. The van der Waals surface area contributed by atoms with Crippen LogP contribution in [0.5, 0.6) is 0 Å². The lowest BCUT2D eigenvalue weighted by Crippen LogP contribution is -2.01. The Morgan fingerprint density at radius 1 is 1.36 bits per heavy atom. The Hall–Kier alpha value is -1.51. The minimum absolute atomic E-state index is 0.118. The first-order chi connectivity index (χ1) is 5.20.